The molecule has 1 aliphatic heterocycles. The number of ether oxygens (including phenoxy) is 1. The smallest absolute Gasteiger partial charge is 0.146 e. The van der Waals surface area contributed by atoms with E-state index in [1.165, 1.54) is 24.3 Å². The van der Waals surface area contributed by atoms with Crippen molar-refractivity contribution >= 4 is 0 Å². The van der Waals surface area contributed by atoms with Crippen molar-refractivity contribution in [1.29, 1.82) is 0 Å². The SMILES string of the molecule is OC(CCOCc1ccc(F)cc1)(c1ccc(F)cc1)N1CCCCC1. The average molecular weight is 361 g/mol. The molecule has 3 rings (SSSR count). The fourth-order valence-corrected chi connectivity index (χ4v) is 3.45. The van der Waals surface area contributed by atoms with Gasteiger partial charge in [0.1, 0.15) is 17.4 Å². The molecule has 5 heteroatoms. The van der Waals surface area contributed by atoms with E-state index in [1.807, 2.05) is 0 Å². The molecule has 140 valence electrons. The van der Waals surface area contributed by atoms with E-state index >= 15 is 0 Å². The number of halogens is 2. The van der Waals surface area contributed by atoms with Crippen molar-refractivity contribution in [3.05, 3.63) is 71.3 Å². The van der Waals surface area contributed by atoms with Crippen LogP contribution in [0.15, 0.2) is 48.5 Å². The number of hydrogen-bond acceptors (Lipinski definition) is 3. The molecule has 1 heterocycles. The first-order chi connectivity index (χ1) is 12.6. The van der Waals surface area contributed by atoms with E-state index in [4.69, 9.17) is 4.74 Å². The van der Waals surface area contributed by atoms with Gasteiger partial charge in [0.15, 0.2) is 0 Å². The van der Waals surface area contributed by atoms with Crippen LogP contribution in [-0.2, 0) is 17.1 Å². The Morgan fingerprint density at radius 1 is 0.885 bits per heavy atom. The van der Waals surface area contributed by atoms with Crippen LogP contribution < -0.4 is 0 Å². The van der Waals surface area contributed by atoms with Crippen molar-refractivity contribution in [3.63, 3.8) is 0 Å². The molecule has 1 fully saturated rings. The highest BCUT2D eigenvalue weighted by Gasteiger charge is 2.36. The van der Waals surface area contributed by atoms with Crippen molar-refractivity contribution in [2.75, 3.05) is 19.7 Å². The topological polar surface area (TPSA) is 32.7 Å². The van der Waals surface area contributed by atoms with Gasteiger partial charge in [-0.2, -0.15) is 0 Å². The minimum Gasteiger partial charge on any atom is -0.377 e. The van der Waals surface area contributed by atoms with E-state index in [2.05, 4.69) is 4.90 Å². The third-order valence-corrected chi connectivity index (χ3v) is 4.96. The van der Waals surface area contributed by atoms with Crippen LogP contribution in [0.5, 0.6) is 0 Å². The van der Waals surface area contributed by atoms with E-state index in [0.29, 0.717) is 25.2 Å². The Morgan fingerprint density at radius 2 is 1.46 bits per heavy atom. The molecule has 1 N–H and O–H groups in total. The first-order valence-electron chi connectivity index (χ1n) is 9.13. The van der Waals surface area contributed by atoms with Gasteiger partial charge in [-0.25, -0.2) is 8.78 Å². The fraction of sp³-hybridized carbons (Fsp3) is 0.429. The van der Waals surface area contributed by atoms with Gasteiger partial charge < -0.3 is 9.84 Å². The van der Waals surface area contributed by atoms with E-state index < -0.39 is 5.72 Å². The Bertz CT molecular complexity index is 684. The molecule has 1 unspecified atom stereocenters. The van der Waals surface area contributed by atoms with Crippen LogP contribution in [0.25, 0.3) is 0 Å². The fourth-order valence-electron chi connectivity index (χ4n) is 3.45. The van der Waals surface area contributed by atoms with Gasteiger partial charge >= 0.3 is 0 Å². The molecular formula is C21H25F2NO2. The van der Waals surface area contributed by atoms with Crippen LogP contribution in [0.2, 0.25) is 0 Å². The van der Waals surface area contributed by atoms with Crippen molar-refractivity contribution in [2.45, 2.75) is 38.0 Å². The summed E-state index contributed by atoms with van der Waals surface area (Å²) >= 11 is 0. The molecule has 0 aromatic heterocycles. The lowest BCUT2D eigenvalue weighted by atomic mass is 9.95. The number of benzene rings is 2. The van der Waals surface area contributed by atoms with Gasteiger partial charge in [0, 0.05) is 19.5 Å². The third kappa shape index (κ3) is 4.67. The largest absolute Gasteiger partial charge is 0.377 e. The van der Waals surface area contributed by atoms with Gasteiger partial charge in [-0.05, 0) is 48.2 Å². The van der Waals surface area contributed by atoms with Crippen LogP contribution >= 0.6 is 0 Å². The predicted octanol–water partition coefficient (Wildman–Crippen LogP) is 4.20. The van der Waals surface area contributed by atoms with E-state index in [1.54, 1.807) is 24.3 Å². The molecule has 0 spiro atoms. The Kier molecular flexibility index (Phi) is 6.35. The van der Waals surface area contributed by atoms with Crippen LogP contribution in [0, 0.1) is 11.6 Å². The Hall–Kier alpha value is -1.82. The summed E-state index contributed by atoms with van der Waals surface area (Å²) in [6.45, 7) is 2.33. The molecule has 0 amide bonds. The molecular weight excluding hydrogens is 336 g/mol. The van der Waals surface area contributed by atoms with Crippen molar-refractivity contribution in [1.82, 2.24) is 4.90 Å². The molecule has 0 aliphatic carbocycles. The molecule has 1 saturated heterocycles. The summed E-state index contributed by atoms with van der Waals surface area (Å²) in [6.07, 6.45) is 3.64. The van der Waals surface area contributed by atoms with Crippen molar-refractivity contribution < 1.29 is 18.6 Å². The van der Waals surface area contributed by atoms with Crippen LogP contribution in [-0.4, -0.2) is 29.7 Å². The Labute approximate surface area is 153 Å². The zero-order chi connectivity index (χ0) is 18.4. The van der Waals surface area contributed by atoms with Crippen LogP contribution in [0.3, 0.4) is 0 Å². The van der Waals surface area contributed by atoms with E-state index in [9.17, 15) is 13.9 Å². The number of aliphatic hydroxyl groups is 1. The van der Waals surface area contributed by atoms with Gasteiger partial charge in [0.2, 0.25) is 0 Å². The lowest BCUT2D eigenvalue weighted by Gasteiger charge is -2.42. The van der Waals surface area contributed by atoms with Gasteiger partial charge in [-0.1, -0.05) is 30.7 Å². The summed E-state index contributed by atoms with van der Waals surface area (Å²) in [5.74, 6) is -0.591. The molecule has 1 aliphatic rings. The highest BCUT2D eigenvalue weighted by molar-refractivity contribution is 5.23. The Morgan fingerprint density at radius 3 is 2.08 bits per heavy atom. The second kappa shape index (κ2) is 8.71. The van der Waals surface area contributed by atoms with Crippen molar-refractivity contribution in [2.24, 2.45) is 0 Å². The molecule has 1 atom stereocenters. The maximum Gasteiger partial charge on any atom is 0.146 e. The summed E-state index contributed by atoms with van der Waals surface area (Å²) in [7, 11) is 0. The minimum atomic E-state index is -1.17. The number of likely N-dealkylation sites (tertiary alicyclic amines) is 1. The van der Waals surface area contributed by atoms with Crippen molar-refractivity contribution in [3.8, 4) is 0 Å². The summed E-state index contributed by atoms with van der Waals surface area (Å²) in [5.41, 5.74) is 0.401. The molecule has 2 aromatic carbocycles. The zero-order valence-corrected chi connectivity index (χ0v) is 14.8. The average Bonchev–Trinajstić information content (AvgIpc) is 2.68. The lowest BCUT2D eigenvalue weighted by Crippen LogP contribution is -2.49. The quantitative estimate of drug-likeness (QED) is 0.750. The Balaban J connectivity index is 1.65. The number of piperidine rings is 1. The van der Waals surface area contributed by atoms with E-state index in [0.717, 1.165) is 37.9 Å². The molecule has 0 radical (unpaired) electrons. The zero-order valence-electron chi connectivity index (χ0n) is 14.8. The molecule has 0 saturated carbocycles. The minimum absolute atomic E-state index is 0.274. The van der Waals surface area contributed by atoms with Crippen LogP contribution in [0.4, 0.5) is 8.78 Å². The monoisotopic (exact) mass is 361 g/mol. The number of rotatable bonds is 7. The van der Waals surface area contributed by atoms with E-state index in [-0.39, 0.29) is 11.6 Å². The third-order valence-electron chi connectivity index (χ3n) is 4.96. The van der Waals surface area contributed by atoms with Gasteiger partial charge in [-0.3, -0.25) is 4.90 Å². The number of nitrogens with zero attached hydrogens (tertiary/aromatic N) is 1. The maximum atomic E-state index is 13.3. The second-order valence-electron chi connectivity index (χ2n) is 6.80. The first kappa shape index (κ1) is 19.0. The summed E-state index contributed by atoms with van der Waals surface area (Å²) in [5, 5.41) is 11.4. The van der Waals surface area contributed by atoms with Gasteiger partial charge in [-0.15, -0.1) is 0 Å². The standard InChI is InChI=1S/C21H25F2NO2/c22-19-8-4-17(5-9-19)16-26-15-12-21(25,24-13-2-1-3-14-24)18-6-10-20(23)11-7-18/h4-11,25H,1-3,12-16H2. The van der Waals surface area contributed by atoms with Gasteiger partial charge in [0.05, 0.1) is 13.2 Å². The second-order valence-corrected chi connectivity index (χ2v) is 6.80. The highest BCUT2D eigenvalue weighted by Crippen LogP contribution is 2.32. The molecule has 3 nitrogen and oxygen atoms in total. The molecule has 26 heavy (non-hydrogen) atoms. The molecule has 2 aromatic rings. The maximum absolute atomic E-state index is 13.3. The normalized spacial score (nSPS) is 17.8. The summed E-state index contributed by atoms with van der Waals surface area (Å²) < 4.78 is 31.9. The predicted molar refractivity (Wildman–Crippen MR) is 96.4 cm³/mol. The van der Waals surface area contributed by atoms with Crippen LogP contribution in [0.1, 0.15) is 36.8 Å². The lowest BCUT2D eigenvalue weighted by molar-refractivity contribution is -0.140. The first-order valence-corrected chi connectivity index (χ1v) is 9.13. The molecule has 0 bridgehead atoms. The van der Waals surface area contributed by atoms with Gasteiger partial charge in [0.25, 0.3) is 0 Å². The summed E-state index contributed by atoms with van der Waals surface area (Å²) in [4.78, 5) is 2.06. The highest BCUT2D eigenvalue weighted by atomic mass is 19.1. The summed E-state index contributed by atoms with van der Waals surface area (Å²) in [6, 6.07) is 12.2. The number of hydrogen-bond donors (Lipinski definition) is 1.